The fourth-order valence-electron chi connectivity index (χ4n) is 12.5. The third-order valence-corrected chi connectivity index (χ3v) is 21.2. The molecule has 594 valence electrons. The highest BCUT2D eigenvalue weighted by Gasteiger charge is 2.30. The Balaban J connectivity index is 5.26. The summed E-state index contributed by atoms with van der Waals surface area (Å²) in [6, 6.07) is 0. The highest BCUT2D eigenvalue weighted by molar-refractivity contribution is 7.47. The number of rotatable bonds is 80. The van der Waals surface area contributed by atoms with Gasteiger partial charge in [0.05, 0.1) is 26.4 Å². The molecule has 0 aromatic carbocycles. The molecule has 19 heteroatoms. The molecule has 0 aliphatic rings. The number of aliphatic hydroxyl groups is 1. The topological polar surface area (TPSA) is 237 Å². The molecule has 0 aliphatic carbocycles. The summed E-state index contributed by atoms with van der Waals surface area (Å²) in [6.45, 7) is 9.67. The number of phosphoric ester groups is 2. The van der Waals surface area contributed by atoms with Gasteiger partial charge in [-0.1, -0.05) is 375 Å². The largest absolute Gasteiger partial charge is 0.472 e. The molecule has 0 heterocycles. The number of phosphoric acid groups is 2. The van der Waals surface area contributed by atoms with Crippen molar-refractivity contribution in [3.8, 4) is 0 Å². The van der Waals surface area contributed by atoms with Crippen LogP contribution in [0.4, 0.5) is 0 Å². The first-order valence-electron chi connectivity index (χ1n) is 42.0. The number of esters is 4. The van der Waals surface area contributed by atoms with Crippen molar-refractivity contribution < 1.29 is 80.2 Å². The van der Waals surface area contributed by atoms with Crippen molar-refractivity contribution in [3.05, 3.63) is 0 Å². The monoisotopic (exact) mass is 1470 g/mol. The Labute approximate surface area is 613 Å². The summed E-state index contributed by atoms with van der Waals surface area (Å²) >= 11 is 0. The van der Waals surface area contributed by atoms with Gasteiger partial charge in [0.15, 0.2) is 12.2 Å². The number of hydrogen-bond donors (Lipinski definition) is 3. The van der Waals surface area contributed by atoms with Crippen LogP contribution in [-0.2, 0) is 65.4 Å². The number of hydrogen-bond acceptors (Lipinski definition) is 15. The van der Waals surface area contributed by atoms with E-state index >= 15 is 0 Å². The third-order valence-electron chi connectivity index (χ3n) is 19.3. The molecule has 6 atom stereocenters. The average molecular weight is 1470 g/mol. The molecule has 100 heavy (non-hydrogen) atoms. The minimum atomic E-state index is -4.96. The first kappa shape index (κ1) is 98.1. The standard InChI is InChI=1S/C81H158O17P2/c1-7-10-12-14-16-18-20-22-23-24-27-31-34-38-45-51-57-63-78(83)91-69-76(97-81(86)66-60-54-48-40-36-32-28-25-26-30-33-37-43-49-55-61-73(4)5)71-95-99(87,88)93-67-75(82)68-94-100(89,90)96-72-77(70-92-79(84)64-58-52-46-42-41-44-50-56-62-74(6)9-3)98-80(85)65-59-53-47-39-35-29-21-19-17-15-13-11-8-2/h73-77,82H,7-72H2,1-6H3,(H,87,88)(H,89,90)/t74?,75-,76-,77-/m1/s1. The zero-order chi connectivity index (χ0) is 73.5. The van der Waals surface area contributed by atoms with Gasteiger partial charge in [-0.3, -0.25) is 37.3 Å². The van der Waals surface area contributed by atoms with Crippen LogP contribution >= 0.6 is 15.6 Å². The molecule has 0 fully saturated rings. The Bertz CT molecular complexity index is 1930. The van der Waals surface area contributed by atoms with Gasteiger partial charge in [-0.15, -0.1) is 0 Å². The molecule has 0 saturated heterocycles. The van der Waals surface area contributed by atoms with Crippen LogP contribution in [0.25, 0.3) is 0 Å². The highest BCUT2D eigenvalue weighted by Crippen LogP contribution is 2.45. The molecule has 17 nitrogen and oxygen atoms in total. The molecule has 0 rings (SSSR count). The van der Waals surface area contributed by atoms with Crippen LogP contribution in [-0.4, -0.2) is 96.7 Å². The van der Waals surface area contributed by atoms with Gasteiger partial charge in [-0.05, 0) is 37.5 Å². The lowest BCUT2D eigenvalue weighted by Crippen LogP contribution is -2.30. The van der Waals surface area contributed by atoms with Crippen LogP contribution in [0.15, 0.2) is 0 Å². The molecular weight excluding hydrogens is 1310 g/mol. The Morgan fingerprint density at radius 3 is 0.760 bits per heavy atom. The smallest absolute Gasteiger partial charge is 0.462 e. The third kappa shape index (κ3) is 73.0. The molecule has 0 aromatic rings. The molecule has 0 spiro atoms. The molecule has 0 saturated carbocycles. The van der Waals surface area contributed by atoms with E-state index in [0.29, 0.717) is 25.7 Å². The second-order valence-electron chi connectivity index (χ2n) is 29.9. The normalized spacial score (nSPS) is 14.2. The number of unbranched alkanes of at least 4 members (excludes halogenated alkanes) is 49. The van der Waals surface area contributed by atoms with E-state index in [-0.39, 0.29) is 25.7 Å². The zero-order valence-electron chi connectivity index (χ0n) is 65.5. The summed E-state index contributed by atoms with van der Waals surface area (Å²) in [5.74, 6) is -0.526. The average Bonchev–Trinajstić information content (AvgIpc) is 1.01. The van der Waals surface area contributed by atoms with Crippen LogP contribution < -0.4 is 0 Å². The summed E-state index contributed by atoms with van der Waals surface area (Å²) in [5, 5.41) is 10.6. The zero-order valence-corrected chi connectivity index (χ0v) is 67.3. The number of carbonyl (C=O) groups is 4. The van der Waals surface area contributed by atoms with E-state index in [2.05, 4.69) is 41.5 Å². The Hall–Kier alpha value is -1.94. The van der Waals surface area contributed by atoms with E-state index in [1.807, 2.05) is 0 Å². The summed E-state index contributed by atoms with van der Waals surface area (Å²) in [6.07, 6.45) is 62.3. The second kappa shape index (κ2) is 72.6. The van der Waals surface area contributed by atoms with E-state index in [9.17, 15) is 43.2 Å². The molecular formula is C81H158O17P2. The summed E-state index contributed by atoms with van der Waals surface area (Å²) in [4.78, 5) is 73.1. The fraction of sp³-hybridized carbons (Fsp3) is 0.951. The predicted octanol–water partition coefficient (Wildman–Crippen LogP) is 24.3. The Kier molecular flexibility index (Phi) is 71.2. The highest BCUT2D eigenvalue weighted by atomic mass is 31.2. The van der Waals surface area contributed by atoms with E-state index in [0.717, 1.165) is 102 Å². The summed E-state index contributed by atoms with van der Waals surface area (Å²) in [7, 11) is -9.92. The van der Waals surface area contributed by atoms with Crippen molar-refractivity contribution >= 4 is 39.5 Å². The fourth-order valence-corrected chi connectivity index (χ4v) is 14.1. The minimum absolute atomic E-state index is 0.107. The molecule has 3 N–H and O–H groups in total. The van der Waals surface area contributed by atoms with Gasteiger partial charge in [0.1, 0.15) is 19.3 Å². The van der Waals surface area contributed by atoms with Crippen LogP contribution in [0.1, 0.15) is 427 Å². The predicted molar refractivity (Wildman–Crippen MR) is 409 cm³/mol. The van der Waals surface area contributed by atoms with Crippen molar-refractivity contribution in [1.29, 1.82) is 0 Å². The van der Waals surface area contributed by atoms with Gasteiger partial charge in [0, 0.05) is 25.7 Å². The van der Waals surface area contributed by atoms with E-state index in [4.69, 9.17) is 37.0 Å². The lowest BCUT2D eigenvalue weighted by Gasteiger charge is -2.21. The van der Waals surface area contributed by atoms with Crippen molar-refractivity contribution in [2.45, 2.75) is 445 Å². The minimum Gasteiger partial charge on any atom is -0.462 e. The molecule has 0 radical (unpaired) electrons. The van der Waals surface area contributed by atoms with Crippen LogP contribution in [0.5, 0.6) is 0 Å². The van der Waals surface area contributed by atoms with Gasteiger partial charge >= 0.3 is 39.5 Å². The number of carbonyl (C=O) groups excluding carboxylic acids is 4. The Morgan fingerprint density at radius 1 is 0.290 bits per heavy atom. The van der Waals surface area contributed by atoms with E-state index in [1.165, 1.54) is 244 Å². The van der Waals surface area contributed by atoms with Crippen molar-refractivity contribution in [1.82, 2.24) is 0 Å². The second-order valence-corrected chi connectivity index (χ2v) is 32.8. The molecule has 0 bridgehead atoms. The van der Waals surface area contributed by atoms with Gasteiger partial charge in [0.25, 0.3) is 0 Å². The van der Waals surface area contributed by atoms with E-state index < -0.39 is 97.5 Å². The molecule has 0 aromatic heterocycles. The first-order valence-corrected chi connectivity index (χ1v) is 45.0. The summed E-state index contributed by atoms with van der Waals surface area (Å²) < 4.78 is 68.7. The lowest BCUT2D eigenvalue weighted by atomic mass is 9.99. The van der Waals surface area contributed by atoms with E-state index in [1.54, 1.807) is 0 Å². The van der Waals surface area contributed by atoms with Gasteiger partial charge < -0.3 is 33.8 Å². The van der Waals surface area contributed by atoms with Gasteiger partial charge in [-0.2, -0.15) is 0 Å². The number of aliphatic hydroxyl groups excluding tert-OH is 1. The maximum atomic E-state index is 13.1. The van der Waals surface area contributed by atoms with Crippen LogP contribution in [0.2, 0.25) is 0 Å². The quantitative estimate of drug-likeness (QED) is 0.0222. The summed E-state index contributed by atoms with van der Waals surface area (Å²) in [5.41, 5.74) is 0. The molecule has 3 unspecified atom stereocenters. The Morgan fingerprint density at radius 2 is 0.510 bits per heavy atom. The lowest BCUT2D eigenvalue weighted by molar-refractivity contribution is -0.161. The molecule has 0 aliphatic heterocycles. The SMILES string of the molecule is CCCCCCCCCCCCCCCCCCCC(=O)OC[C@H](COP(=O)(O)OC[C@@H](O)COP(=O)(O)OC[C@@H](COC(=O)CCCCCCCCCCC(C)CC)OC(=O)CCCCCCCCCCCCCCC)OC(=O)CCCCCCCCCCCCCCCCCC(C)C. The van der Waals surface area contributed by atoms with Crippen molar-refractivity contribution in [3.63, 3.8) is 0 Å². The van der Waals surface area contributed by atoms with Gasteiger partial charge in [0.2, 0.25) is 0 Å². The van der Waals surface area contributed by atoms with Gasteiger partial charge in [-0.25, -0.2) is 9.13 Å². The first-order chi connectivity index (χ1) is 48.4. The van der Waals surface area contributed by atoms with Crippen LogP contribution in [0.3, 0.4) is 0 Å². The number of ether oxygens (including phenoxy) is 4. The maximum Gasteiger partial charge on any atom is 0.472 e. The molecule has 0 amide bonds. The maximum absolute atomic E-state index is 13.1. The van der Waals surface area contributed by atoms with Crippen molar-refractivity contribution in [2.75, 3.05) is 39.6 Å². The van der Waals surface area contributed by atoms with Crippen molar-refractivity contribution in [2.24, 2.45) is 11.8 Å². The van der Waals surface area contributed by atoms with Crippen LogP contribution in [0, 0.1) is 11.8 Å².